The van der Waals surface area contributed by atoms with Crippen LogP contribution in [-0.2, 0) is 16.0 Å². The van der Waals surface area contributed by atoms with Gasteiger partial charge in [-0.1, -0.05) is 20.3 Å². The monoisotopic (exact) mass is 310 g/mol. The second kappa shape index (κ2) is 6.56. The molecule has 1 aromatic heterocycles. The first kappa shape index (κ1) is 15.9. The molecule has 0 atom stereocenters. The maximum absolute atomic E-state index is 11.9. The number of carboxylic acid groups (broad SMARTS) is 1. The SMILES string of the molecule is CC(C)c1nc(CCNC(=O)CC2(C(=O)O)CCC2)cs1. The highest BCUT2D eigenvalue weighted by Crippen LogP contribution is 2.44. The zero-order chi connectivity index (χ0) is 15.5. The number of nitrogens with zero attached hydrogens (tertiary/aromatic N) is 1. The fourth-order valence-electron chi connectivity index (χ4n) is 2.47. The first-order chi connectivity index (χ1) is 9.93. The van der Waals surface area contributed by atoms with E-state index in [1.54, 1.807) is 11.3 Å². The van der Waals surface area contributed by atoms with E-state index in [2.05, 4.69) is 24.1 Å². The van der Waals surface area contributed by atoms with Gasteiger partial charge in [-0.25, -0.2) is 4.98 Å². The lowest BCUT2D eigenvalue weighted by atomic mass is 9.66. The molecule has 0 saturated heterocycles. The molecule has 1 heterocycles. The van der Waals surface area contributed by atoms with Gasteiger partial charge in [-0.2, -0.15) is 0 Å². The molecule has 0 aliphatic heterocycles. The predicted octanol–water partition coefficient (Wildman–Crippen LogP) is 2.57. The molecule has 0 spiro atoms. The summed E-state index contributed by atoms with van der Waals surface area (Å²) in [5.74, 6) is -0.589. The van der Waals surface area contributed by atoms with Gasteiger partial charge in [-0.3, -0.25) is 9.59 Å². The minimum atomic E-state index is -0.843. The smallest absolute Gasteiger partial charge is 0.310 e. The van der Waals surface area contributed by atoms with Crippen LogP contribution in [0, 0.1) is 5.41 Å². The summed E-state index contributed by atoms with van der Waals surface area (Å²) in [5.41, 5.74) is 0.177. The van der Waals surface area contributed by atoms with E-state index in [1.165, 1.54) is 0 Å². The lowest BCUT2D eigenvalue weighted by molar-refractivity contribution is -0.157. The van der Waals surface area contributed by atoms with Crippen molar-refractivity contribution in [2.24, 2.45) is 5.41 Å². The molecular weight excluding hydrogens is 288 g/mol. The van der Waals surface area contributed by atoms with Crippen LogP contribution in [-0.4, -0.2) is 28.5 Å². The Balaban J connectivity index is 1.75. The van der Waals surface area contributed by atoms with Crippen molar-refractivity contribution in [2.45, 2.75) is 51.9 Å². The second-order valence-corrected chi connectivity index (χ2v) is 6.94. The summed E-state index contributed by atoms with van der Waals surface area (Å²) < 4.78 is 0. The van der Waals surface area contributed by atoms with Crippen LogP contribution in [0.2, 0.25) is 0 Å². The van der Waals surface area contributed by atoms with Gasteiger partial charge in [0.25, 0.3) is 0 Å². The number of hydrogen-bond acceptors (Lipinski definition) is 4. The molecule has 0 aromatic carbocycles. The number of carbonyl (C=O) groups is 2. The molecule has 1 aliphatic rings. The van der Waals surface area contributed by atoms with Gasteiger partial charge in [0.05, 0.1) is 16.1 Å². The van der Waals surface area contributed by atoms with Crippen molar-refractivity contribution >= 4 is 23.2 Å². The van der Waals surface area contributed by atoms with Crippen LogP contribution in [0.4, 0.5) is 0 Å². The minimum Gasteiger partial charge on any atom is -0.481 e. The van der Waals surface area contributed by atoms with Gasteiger partial charge in [0.1, 0.15) is 0 Å². The highest BCUT2D eigenvalue weighted by Gasteiger charge is 2.45. The van der Waals surface area contributed by atoms with Crippen LogP contribution < -0.4 is 5.32 Å². The van der Waals surface area contributed by atoms with Gasteiger partial charge in [-0.05, 0) is 12.8 Å². The van der Waals surface area contributed by atoms with E-state index in [9.17, 15) is 14.7 Å². The molecule has 0 unspecified atom stereocenters. The largest absolute Gasteiger partial charge is 0.481 e. The summed E-state index contributed by atoms with van der Waals surface area (Å²) in [5, 5.41) is 15.1. The van der Waals surface area contributed by atoms with Crippen molar-refractivity contribution in [3.63, 3.8) is 0 Å². The highest BCUT2D eigenvalue weighted by atomic mass is 32.1. The number of amides is 1. The molecule has 1 aromatic rings. The molecule has 1 amide bonds. The molecule has 2 rings (SSSR count). The van der Waals surface area contributed by atoms with E-state index in [-0.39, 0.29) is 12.3 Å². The topological polar surface area (TPSA) is 79.3 Å². The Morgan fingerprint density at radius 1 is 1.48 bits per heavy atom. The Hall–Kier alpha value is -1.43. The Morgan fingerprint density at radius 2 is 2.19 bits per heavy atom. The number of hydrogen-bond donors (Lipinski definition) is 2. The van der Waals surface area contributed by atoms with Crippen LogP contribution in [0.3, 0.4) is 0 Å². The molecule has 1 aliphatic carbocycles. The van der Waals surface area contributed by atoms with Gasteiger partial charge < -0.3 is 10.4 Å². The third kappa shape index (κ3) is 3.81. The van der Waals surface area contributed by atoms with Crippen molar-refractivity contribution < 1.29 is 14.7 Å². The third-order valence-electron chi connectivity index (χ3n) is 4.03. The van der Waals surface area contributed by atoms with Crippen molar-refractivity contribution in [1.29, 1.82) is 0 Å². The third-order valence-corrected chi connectivity index (χ3v) is 5.22. The number of aromatic nitrogens is 1. The van der Waals surface area contributed by atoms with Crippen LogP contribution in [0.5, 0.6) is 0 Å². The quantitative estimate of drug-likeness (QED) is 0.811. The summed E-state index contributed by atoms with van der Waals surface area (Å²) >= 11 is 1.64. The summed E-state index contributed by atoms with van der Waals surface area (Å²) in [6.07, 6.45) is 2.90. The molecule has 2 N–H and O–H groups in total. The predicted molar refractivity (Wildman–Crippen MR) is 81.5 cm³/mol. The number of carboxylic acids is 1. The number of nitrogens with one attached hydrogen (secondary N) is 1. The average Bonchev–Trinajstić information content (AvgIpc) is 2.82. The van der Waals surface area contributed by atoms with Crippen molar-refractivity contribution in [3.8, 4) is 0 Å². The van der Waals surface area contributed by atoms with E-state index in [0.717, 1.165) is 17.1 Å². The molecule has 1 saturated carbocycles. The van der Waals surface area contributed by atoms with Crippen LogP contribution in [0.15, 0.2) is 5.38 Å². The number of aliphatic carboxylic acids is 1. The maximum atomic E-state index is 11.9. The Bertz CT molecular complexity index is 521. The Labute approximate surface area is 128 Å². The Kier molecular flexibility index (Phi) is 4.98. The van der Waals surface area contributed by atoms with E-state index in [1.807, 2.05) is 5.38 Å². The van der Waals surface area contributed by atoms with E-state index in [4.69, 9.17) is 0 Å². The van der Waals surface area contributed by atoms with Crippen LogP contribution in [0.25, 0.3) is 0 Å². The molecule has 5 nitrogen and oxygen atoms in total. The Morgan fingerprint density at radius 3 is 2.67 bits per heavy atom. The maximum Gasteiger partial charge on any atom is 0.310 e. The molecule has 0 radical (unpaired) electrons. The normalized spacial score (nSPS) is 16.5. The van der Waals surface area contributed by atoms with Gasteiger partial charge in [-0.15, -0.1) is 11.3 Å². The molecule has 6 heteroatoms. The number of rotatable bonds is 7. The lowest BCUT2D eigenvalue weighted by Gasteiger charge is -2.36. The molecule has 21 heavy (non-hydrogen) atoms. The summed E-state index contributed by atoms with van der Waals surface area (Å²) in [7, 11) is 0. The first-order valence-electron chi connectivity index (χ1n) is 7.37. The van der Waals surface area contributed by atoms with Gasteiger partial charge in [0, 0.05) is 30.7 Å². The fraction of sp³-hybridized carbons (Fsp3) is 0.667. The molecule has 0 bridgehead atoms. The van der Waals surface area contributed by atoms with E-state index in [0.29, 0.717) is 31.7 Å². The second-order valence-electron chi connectivity index (χ2n) is 6.05. The van der Waals surface area contributed by atoms with Crippen LogP contribution >= 0.6 is 11.3 Å². The minimum absolute atomic E-state index is 0.0939. The fourth-order valence-corrected chi connectivity index (χ4v) is 3.34. The molecular formula is C15H22N2O3S. The van der Waals surface area contributed by atoms with Crippen molar-refractivity contribution in [3.05, 3.63) is 16.1 Å². The standard InChI is InChI=1S/C15H22N2O3S/c1-10(2)13-17-11(9-21-13)4-7-16-12(18)8-15(14(19)20)5-3-6-15/h9-10H,3-8H2,1-2H3,(H,16,18)(H,19,20). The number of carbonyl (C=O) groups excluding carboxylic acids is 1. The lowest BCUT2D eigenvalue weighted by Crippen LogP contribution is -2.42. The van der Waals surface area contributed by atoms with Crippen LogP contribution in [0.1, 0.15) is 56.2 Å². The number of thiazole rings is 1. The van der Waals surface area contributed by atoms with Gasteiger partial charge >= 0.3 is 5.97 Å². The molecule has 1 fully saturated rings. The van der Waals surface area contributed by atoms with Gasteiger partial charge in [0.2, 0.25) is 5.91 Å². The zero-order valence-corrected chi connectivity index (χ0v) is 13.3. The zero-order valence-electron chi connectivity index (χ0n) is 12.5. The summed E-state index contributed by atoms with van der Waals surface area (Å²) in [4.78, 5) is 27.6. The van der Waals surface area contributed by atoms with Crippen molar-refractivity contribution in [1.82, 2.24) is 10.3 Å². The average molecular weight is 310 g/mol. The highest BCUT2D eigenvalue weighted by molar-refractivity contribution is 7.09. The van der Waals surface area contributed by atoms with Crippen molar-refractivity contribution in [2.75, 3.05) is 6.54 Å². The van der Waals surface area contributed by atoms with E-state index < -0.39 is 11.4 Å². The molecule has 116 valence electrons. The van der Waals surface area contributed by atoms with E-state index >= 15 is 0 Å². The van der Waals surface area contributed by atoms with Gasteiger partial charge in [0.15, 0.2) is 0 Å². The first-order valence-corrected chi connectivity index (χ1v) is 8.25. The summed E-state index contributed by atoms with van der Waals surface area (Å²) in [6.45, 7) is 4.72. The summed E-state index contributed by atoms with van der Waals surface area (Å²) in [6, 6.07) is 0.